The highest BCUT2D eigenvalue weighted by Gasteiger charge is 2.11. The molecular weight excluding hydrogens is 338 g/mol. The number of thiazole rings is 1. The molecule has 3 rings (SSSR count). The number of nitrogens with zero attached hydrogens (tertiary/aromatic N) is 3. The number of hydrogen-bond donors (Lipinski definition) is 2. The Hall–Kier alpha value is -3.00. The molecule has 0 bridgehead atoms. The summed E-state index contributed by atoms with van der Waals surface area (Å²) in [6.45, 7) is 0.522. The van der Waals surface area contributed by atoms with Crippen LogP contribution in [-0.4, -0.2) is 34.5 Å². The second kappa shape index (κ2) is 8.20. The fourth-order valence-corrected chi connectivity index (χ4v) is 2.82. The summed E-state index contributed by atoms with van der Waals surface area (Å²) in [5.74, 6) is 1.05. The molecule has 0 saturated heterocycles. The van der Waals surface area contributed by atoms with E-state index in [1.807, 2.05) is 24.3 Å². The van der Waals surface area contributed by atoms with Crippen LogP contribution >= 0.6 is 11.3 Å². The van der Waals surface area contributed by atoms with Crippen molar-refractivity contribution in [1.82, 2.24) is 20.3 Å². The Morgan fingerprint density at radius 1 is 1.24 bits per heavy atom. The first kappa shape index (κ1) is 16.8. The lowest BCUT2D eigenvalue weighted by Crippen LogP contribution is -2.26. The van der Waals surface area contributed by atoms with E-state index in [0.717, 1.165) is 17.7 Å². The minimum Gasteiger partial charge on any atom is -0.497 e. The van der Waals surface area contributed by atoms with Crippen molar-refractivity contribution < 1.29 is 9.53 Å². The molecule has 0 fully saturated rings. The molecule has 0 unspecified atom stereocenters. The summed E-state index contributed by atoms with van der Waals surface area (Å²) in [6.07, 6.45) is 3.99. The van der Waals surface area contributed by atoms with E-state index >= 15 is 0 Å². The van der Waals surface area contributed by atoms with Gasteiger partial charge in [0.15, 0.2) is 5.13 Å². The molecule has 128 valence electrons. The third-order valence-electron chi connectivity index (χ3n) is 3.35. The molecule has 2 heterocycles. The largest absolute Gasteiger partial charge is 0.497 e. The summed E-state index contributed by atoms with van der Waals surface area (Å²) in [7, 11) is 1.63. The minimum atomic E-state index is -0.207. The standard InChI is InChI=1S/C17H17N5O2S/c1-24-13-5-2-4-12(10-13)6-9-18-15(23)14-11-25-17(21-14)22-16-19-7-3-8-20-16/h2-5,7-8,10-11H,6,9H2,1H3,(H,18,23)(H,19,20,21,22). The second-order valence-electron chi connectivity index (χ2n) is 5.09. The molecule has 0 radical (unpaired) electrons. The van der Waals surface area contributed by atoms with Crippen molar-refractivity contribution in [2.45, 2.75) is 6.42 Å². The maximum Gasteiger partial charge on any atom is 0.270 e. The quantitative estimate of drug-likeness (QED) is 0.677. The predicted molar refractivity (Wildman–Crippen MR) is 96.5 cm³/mol. The monoisotopic (exact) mass is 355 g/mol. The number of nitrogens with one attached hydrogen (secondary N) is 2. The molecule has 1 amide bonds. The smallest absolute Gasteiger partial charge is 0.270 e. The van der Waals surface area contributed by atoms with E-state index in [-0.39, 0.29) is 5.91 Å². The predicted octanol–water partition coefficient (Wildman–Crippen LogP) is 2.66. The van der Waals surface area contributed by atoms with E-state index in [0.29, 0.717) is 23.3 Å². The summed E-state index contributed by atoms with van der Waals surface area (Å²) in [5, 5.41) is 8.11. The van der Waals surface area contributed by atoms with Gasteiger partial charge in [-0.25, -0.2) is 15.0 Å². The van der Waals surface area contributed by atoms with E-state index in [4.69, 9.17) is 4.74 Å². The number of ether oxygens (including phenoxy) is 1. The summed E-state index contributed by atoms with van der Waals surface area (Å²) in [5.41, 5.74) is 1.47. The molecule has 0 atom stereocenters. The van der Waals surface area contributed by atoms with E-state index in [1.54, 1.807) is 30.9 Å². The number of aromatic nitrogens is 3. The van der Waals surface area contributed by atoms with E-state index < -0.39 is 0 Å². The second-order valence-corrected chi connectivity index (χ2v) is 5.95. The van der Waals surface area contributed by atoms with E-state index in [9.17, 15) is 4.79 Å². The van der Waals surface area contributed by atoms with Crippen LogP contribution in [0.3, 0.4) is 0 Å². The van der Waals surface area contributed by atoms with Gasteiger partial charge in [0, 0.05) is 24.3 Å². The minimum absolute atomic E-state index is 0.207. The maximum atomic E-state index is 12.2. The van der Waals surface area contributed by atoms with Gasteiger partial charge in [0.25, 0.3) is 5.91 Å². The Morgan fingerprint density at radius 3 is 2.88 bits per heavy atom. The number of amides is 1. The first-order valence-corrected chi connectivity index (χ1v) is 8.53. The van der Waals surface area contributed by atoms with Crippen LogP contribution in [0.2, 0.25) is 0 Å². The van der Waals surface area contributed by atoms with Crippen molar-refractivity contribution >= 4 is 28.3 Å². The van der Waals surface area contributed by atoms with Crippen molar-refractivity contribution in [3.8, 4) is 5.75 Å². The summed E-state index contributed by atoms with van der Waals surface area (Å²) < 4.78 is 5.19. The van der Waals surface area contributed by atoms with Crippen LogP contribution in [0.1, 0.15) is 16.1 Å². The van der Waals surface area contributed by atoms with Gasteiger partial charge >= 0.3 is 0 Å². The molecule has 3 aromatic rings. The van der Waals surface area contributed by atoms with Gasteiger partial charge < -0.3 is 15.4 Å². The van der Waals surface area contributed by atoms with Gasteiger partial charge in [-0.3, -0.25) is 4.79 Å². The van der Waals surface area contributed by atoms with Gasteiger partial charge in [0.1, 0.15) is 11.4 Å². The lowest BCUT2D eigenvalue weighted by molar-refractivity contribution is 0.0950. The third kappa shape index (κ3) is 4.74. The fourth-order valence-electron chi connectivity index (χ4n) is 2.13. The highest BCUT2D eigenvalue weighted by Crippen LogP contribution is 2.18. The number of anilines is 2. The SMILES string of the molecule is COc1cccc(CCNC(=O)c2csc(Nc3ncccn3)n2)c1. The molecule has 0 aliphatic heterocycles. The summed E-state index contributed by atoms with van der Waals surface area (Å²) in [4.78, 5) is 24.5. The number of hydrogen-bond acceptors (Lipinski definition) is 7. The van der Waals surface area contributed by atoms with Crippen LogP contribution in [0.15, 0.2) is 48.1 Å². The van der Waals surface area contributed by atoms with Gasteiger partial charge in [-0.15, -0.1) is 11.3 Å². The fraction of sp³-hybridized carbons (Fsp3) is 0.176. The van der Waals surface area contributed by atoms with Gasteiger partial charge in [-0.2, -0.15) is 0 Å². The summed E-state index contributed by atoms with van der Waals surface area (Å²) >= 11 is 1.33. The number of methoxy groups -OCH3 is 1. The molecule has 8 heteroatoms. The van der Waals surface area contributed by atoms with Crippen LogP contribution in [0.4, 0.5) is 11.1 Å². The Kier molecular flexibility index (Phi) is 5.53. The molecule has 0 aliphatic rings. The Balaban J connectivity index is 1.51. The molecule has 0 aliphatic carbocycles. The molecule has 0 spiro atoms. The average Bonchev–Trinajstić information content (AvgIpc) is 3.11. The van der Waals surface area contributed by atoms with E-state index in [2.05, 4.69) is 25.6 Å². The normalized spacial score (nSPS) is 10.3. The van der Waals surface area contributed by atoms with Gasteiger partial charge in [-0.1, -0.05) is 12.1 Å². The molecule has 1 aromatic carbocycles. The van der Waals surface area contributed by atoms with E-state index in [1.165, 1.54) is 11.3 Å². The van der Waals surface area contributed by atoms with Crippen LogP contribution < -0.4 is 15.4 Å². The molecule has 7 nitrogen and oxygen atoms in total. The summed E-state index contributed by atoms with van der Waals surface area (Å²) in [6, 6.07) is 9.51. The lowest BCUT2D eigenvalue weighted by atomic mass is 10.1. The zero-order chi connectivity index (χ0) is 17.5. The molecule has 2 aromatic heterocycles. The number of rotatable bonds is 7. The first-order valence-electron chi connectivity index (χ1n) is 7.65. The number of carbonyl (C=O) groups excluding carboxylic acids is 1. The van der Waals surface area contributed by atoms with Crippen molar-refractivity contribution in [3.63, 3.8) is 0 Å². The highest BCUT2D eigenvalue weighted by atomic mass is 32.1. The van der Waals surface area contributed by atoms with Crippen LogP contribution in [0.5, 0.6) is 5.75 Å². The van der Waals surface area contributed by atoms with Crippen molar-refractivity contribution in [2.75, 3.05) is 19.0 Å². The molecule has 0 saturated carbocycles. The molecular formula is C17H17N5O2S. The lowest BCUT2D eigenvalue weighted by Gasteiger charge is -2.05. The van der Waals surface area contributed by atoms with Gasteiger partial charge in [0.2, 0.25) is 5.95 Å². The van der Waals surface area contributed by atoms with Crippen LogP contribution in [-0.2, 0) is 6.42 Å². The van der Waals surface area contributed by atoms with Crippen LogP contribution in [0, 0.1) is 0 Å². The van der Waals surface area contributed by atoms with Crippen molar-refractivity contribution in [1.29, 1.82) is 0 Å². The Labute approximate surface area is 149 Å². The van der Waals surface area contributed by atoms with Gasteiger partial charge in [-0.05, 0) is 30.2 Å². The number of benzene rings is 1. The Bertz CT molecular complexity index is 838. The molecule has 25 heavy (non-hydrogen) atoms. The highest BCUT2D eigenvalue weighted by molar-refractivity contribution is 7.14. The van der Waals surface area contributed by atoms with Crippen molar-refractivity contribution in [2.24, 2.45) is 0 Å². The molecule has 2 N–H and O–H groups in total. The first-order chi connectivity index (χ1) is 12.2. The zero-order valence-electron chi connectivity index (χ0n) is 13.6. The van der Waals surface area contributed by atoms with Crippen molar-refractivity contribution in [3.05, 3.63) is 59.4 Å². The average molecular weight is 355 g/mol. The van der Waals surface area contributed by atoms with Crippen LogP contribution in [0.25, 0.3) is 0 Å². The van der Waals surface area contributed by atoms with Gasteiger partial charge in [0.05, 0.1) is 7.11 Å². The maximum absolute atomic E-state index is 12.2. The number of carbonyl (C=O) groups is 1. The topological polar surface area (TPSA) is 89.0 Å². The zero-order valence-corrected chi connectivity index (χ0v) is 14.4. The third-order valence-corrected chi connectivity index (χ3v) is 4.11. The Morgan fingerprint density at radius 2 is 2.08 bits per heavy atom.